The van der Waals surface area contributed by atoms with E-state index in [4.69, 9.17) is 0 Å². The van der Waals surface area contributed by atoms with Gasteiger partial charge in [0.2, 0.25) is 5.91 Å². The Balaban J connectivity index is 0.00000240. The van der Waals surface area contributed by atoms with Crippen LogP contribution in [0.1, 0.15) is 29.4 Å². The molecule has 2 aromatic heterocycles. The summed E-state index contributed by atoms with van der Waals surface area (Å²) in [5.74, 6) is -0.684. The summed E-state index contributed by atoms with van der Waals surface area (Å²) in [6.07, 6.45) is 5.62. The Hall–Kier alpha value is -2.97. The van der Waals surface area contributed by atoms with Crippen LogP contribution >= 0.6 is 12.4 Å². The molecule has 29 heavy (non-hydrogen) atoms. The first-order valence-corrected chi connectivity index (χ1v) is 9.38. The van der Waals surface area contributed by atoms with Crippen molar-refractivity contribution in [2.24, 2.45) is 0 Å². The Kier molecular flexibility index (Phi) is 6.79. The second-order valence-electron chi connectivity index (χ2n) is 6.79. The number of piperidine rings is 1. The predicted molar refractivity (Wildman–Crippen MR) is 113 cm³/mol. The minimum absolute atomic E-state index is 0. The number of aromatic nitrogens is 3. The molecule has 1 fully saturated rings. The largest absolute Gasteiger partial charge is 0.342 e. The van der Waals surface area contributed by atoms with Crippen LogP contribution in [0, 0.1) is 0 Å². The molecule has 9 heteroatoms. The first kappa shape index (κ1) is 20.8. The van der Waals surface area contributed by atoms with Crippen molar-refractivity contribution in [3.8, 4) is 0 Å². The maximum Gasteiger partial charge on any atom is 0.272 e. The van der Waals surface area contributed by atoms with E-state index in [1.165, 1.54) is 0 Å². The third-order valence-electron chi connectivity index (χ3n) is 4.80. The minimum Gasteiger partial charge on any atom is -0.342 e. The Labute approximate surface area is 174 Å². The summed E-state index contributed by atoms with van der Waals surface area (Å²) >= 11 is 0. The number of rotatable bonds is 5. The average Bonchev–Trinajstić information content (AvgIpc) is 3.23. The lowest BCUT2D eigenvalue weighted by Gasteiger charge is -2.22. The minimum atomic E-state index is -0.367. The average molecular weight is 415 g/mol. The van der Waals surface area contributed by atoms with E-state index in [0.29, 0.717) is 16.9 Å². The maximum atomic E-state index is 12.3. The summed E-state index contributed by atoms with van der Waals surface area (Å²) in [7, 11) is 0. The quantitative estimate of drug-likeness (QED) is 0.593. The number of carbonyl (C=O) groups is 2. The number of anilines is 1. The molecular weight excluding hydrogens is 392 g/mol. The van der Waals surface area contributed by atoms with Crippen molar-refractivity contribution in [2.75, 3.05) is 25.0 Å². The summed E-state index contributed by atoms with van der Waals surface area (Å²) in [5, 5.41) is 14.0. The molecular formula is C20H23ClN6O2. The topological polar surface area (TPSA) is 101 Å². The van der Waals surface area contributed by atoms with Gasteiger partial charge in [-0.25, -0.2) is 0 Å². The van der Waals surface area contributed by atoms with Crippen LogP contribution in [-0.2, 0) is 4.79 Å². The molecule has 0 radical (unpaired) electrons. The van der Waals surface area contributed by atoms with Crippen LogP contribution in [0.25, 0.3) is 10.9 Å². The lowest BCUT2D eigenvalue weighted by atomic mass is 10.1. The van der Waals surface area contributed by atoms with Crippen molar-refractivity contribution in [3.05, 3.63) is 54.5 Å². The molecule has 1 unspecified atom stereocenters. The number of hydrogen-bond donors (Lipinski definition) is 3. The fourth-order valence-corrected chi connectivity index (χ4v) is 3.37. The molecule has 1 aliphatic rings. The number of carbonyl (C=O) groups excluding carboxylic acids is 2. The van der Waals surface area contributed by atoms with E-state index < -0.39 is 0 Å². The number of pyridine rings is 1. The molecule has 4 rings (SSSR count). The van der Waals surface area contributed by atoms with Gasteiger partial charge in [-0.05, 0) is 37.6 Å². The Morgan fingerprint density at radius 3 is 2.90 bits per heavy atom. The normalized spacial score (nSPS) is 16.1. The van der Waals surface area contributed by atoms with E-state index in [0.717, 1.165) is 31.3 Å². The highest BCUT2D eigenvalue weighted by molar-refractivity contribution is 6.02. The summed E-state index contributed by atoms with van der Waals surface area (Å²) in [6, 6.07) is 11.3. The van der Waals surface area contributed by atoms with Crippen molar-refractivity contribution in [1.82, 2.24) is 25.4 Å². The monoisotopic (exact) mass is 414 g/mol. The molecule has 0 bridgehead atoms. The molecule has 1 aliphatic heterocycles. The fourth-order valence-electron chi connectivity index (χ4n) is 3.37. The zero-order chi connectivity index (χ0) is 19.3. The van der Waals surface area contributed by atoms with Gasteiger partial charge in [-0.3, -0.25) is 19.3 Å². The number of fused-ring (bicyclic) bond motifs is 1. The van der Waals surface area contributed by atoms with Crippen molar-refractivity contribution < 1.29 is 9.59 Å². The molecule has 3 heterocycles. The van der Waals surface area contributed by atoms with Crippen LogP contribution < -0.4 is 16.0 Å². The second kappa shape index (κ2) is 9.49. The highest BCUT2D eigenvalue weighted by Crippen LogP contribution is 2.20. The lowest BCUT2D eigenvalue weighted by molar-refractivity contribution is -0.115. The lowest BCUT2D eigenvalue weighted by Crippen LogP contribution is -2.34. The molecule has 2 amide bonds. The molecule has 8 nitrogen and oxygen atoms in total. The summed E-state index contributed by atoms with van der Waals surface area (Å²) in [5.41, 5.74) is 1.64. The van der Waals surface area contributed by atoms with Gasteiger partial charge in [-0.15, -0.1) is 12.4 Å². The van der Waals surface area contributed by atoms with Gasteiger partial charge in [0, 0.05) is 24.3 Å². The predicted octanol–water partition coefficient (Wildman–Crippen LogP) is 2.15. The number of nitrogens with one attached hydrogen (secondary N) is 3. The van der Waals surface area contributed by atoms with Gasteiger partial charge in [-0.1, -0.05) is 18.2 Å². The van der Waals surface area contributed by atoms with Gasteiger partial charge < -0.3 is 16.0 Å². The van der Waals surface area contributed by atoms with E-state index in [1.807, 2.05) is 35.1 Å². The molecule has 0 spiro atoms. The smallest absolute Gasteiger partial charge is 0.272 e. The third kappa shape index (κ3) is 4.90. The van der Waals surface area contributed by atoms with Crippen LogP contribution in [0.5, 0.6) is 0 Å². The summed E-state index contributed by atoms with van der Waals surface area (Å²) in [4.78, 5) is 28.9. The van der Waals surface area contributed by atoms with Gasteiger partial charge >= 0.3 is 0 Å². The molecule has 3 aromatic rings. The van der Waals surface area contributed by atoms with Gasteiger partial charge in [0.25, 0.3) is 5.91 Å². The first-order chi connectivity index (χ1) is 13.7. The van der Waals surface area contributed by atoms with Gasteiger partial charge in [0.15, 0.2) is 0 Å². The highest BCUT2D eigenvalue weighted by Gasteiger charge is 2.18. The standard InChI is InChI=1S/C20H22N6O2.ClH/c27-18(24-16-7-1-4-14-5-2-10-22-19(14)16)13-23-20(28)17-8-11-26(25-17)15-6-3-9-21-12-15;/h1-2,4-5,7-8,10-11,15,21H,3,6,9,12-13H2,(H,23,28)(H,24,27);1H. The molecule has 3 N–H and O–H groups in total. The molecule has 1 atom stereocenters. The van der Waals surface area contributed by atoms with Crippen LogP contribution in [0.2, 0.25) is 0 Å². The van der Waals surface area contributed by atoms with E-state index >= 15 is 0 Å². The molecule has 1 saturated heterocycles. The fraction of sp³-hybridized carbons (Fsp3) is 0.300. The zero-order valence-electron chi connectivity index (χ0n) is 15.8. The number of para-hydroxylation sites is 1. The third-order valence-corrected chi connectivity index (χ3v) is 4.80. The van der Waals surface area contributed by atoms with Crippen molar-refractivity contribution in [2.45, 2.75) is 18.9 Å². The van der Waals surface area contributed by atoms with Gasteiger partial charge in [-0.2, -0.15) is 5.10 Å². The highest BCUT2D eigenvalue weighted by atomic mass is 35.5. The summed E-state index contributed by atoms with van der Waals surface area (Å²) in [6.45, 7) is 1.73. The first-order valence-electron chi connectivity index (χ1n) is 9.38. The Morgan fingerprint density at radius 1 is 1.21 bits per heavy atom. The second-order valence-corrected chi connectivity index (χ2v) is 6.79. The zero-order valence-corrected chi connectivity index (χ0v) is 16.6. The summed E-state index contributed by atoms with van der Waals surface area (Å²) < 4.78 is 1.82. The van der Waals surface area contributed by atoms with E-state index in [9.17, 15) is 9.59 Å². The van der Waals surface area contributed by atoms with Gasteiger partial charge in [0.1, 0.15) is 5.69 Å². The molecule has 0 saturated carbocycles. The molecule has 1 aromatic carbocycles. The number of halogens is 1. The Bertz CT molecular complexity index is 994. The molecule has 152 valence electrons. The van der Waals surface area contributed by atoms with Gasteiger partial charge in [0.05, 0.1) is 23.8 Å². The van der Waals surface area contributed by atoms with Crippen LogP contribution in [0.4, 0.5) is 5.69 Å². The number of hydrogen-bond acceptors (Lipinski definition) is 5. The molecule has 0 aliphatic carbocycles. The Morgan fingerprint density at radius 2 is 2.07 bits per heavy atom. The van der Waals surface area contributed by atoms with Crippen LogP contribution in [0.15, 0.2) is 48.8 Å². The van der Waals surface area contributed by atoms with Crippen LogP contribution in [0.3, 0.4) is 0 Å². The van der Waals surface area contributed by atoms with Crippen molar-refractivity contribution >= 4 is 40.8 Å². The number of nitrogens with zero attached hydrogens (tertiary/aromatic N) is 3. The SMILES string of the molecule is Cl.O=C(CNC(=O)c1ccn(C2CCCNC2)n1)Nc1cccc2cccnc12. The van der Waals surface area contributed by atoms with E-state index in [1.54, 1.807) is 18.3 Å². The van der Waals surface area contributed by atoms with E-state index in [2.05, 4.69) is 26.0 Å². The van der Waals surface area contributed by atoms with Crippen molar-refractivity contribution in [1.29, 1.82) is 0 Å². The number of amides is 2. The van der Waals surface area contributed by atoms with E-state index in [-0.39, 0.29) is 36.8 Å². The number of benzene rings is 1. The maximum absolute atomic E-state index is 12.3. The van der Waals surface area contributed by atoms with Crippen molar-refractivity contribution in [3.63, 3.8) is 0 Å². The van der Waals surface area contributed by atoms with Crippen LogP contribution in [-0.4, -0.2) is 46.2 Å².